The van der Waals surface area contributed by atoms with Crippen LogP contribution in [0.2, 0.25) is 0 Å². The molecule has 1 aromatic rings. The van der Waals surface area contributed by atoms with Gasteiger partial charge in [0.05, 0.1) is 6.61 Å². The van der Waals surface area contributed by atoms with Crippen LogP contribution in [0, 0.1) is 6.92 Å². The molecule has 0 aliphatic carbocycles. The number of aromatic amines is 1. The van der Waals surface area contributed by atoms with Gasteiger partial charge in [-0.2, -0.15) is 0 Å². The minimum atomic E-state index is -1.06. The number of aliphatic hydroxyl groups is 2. The van der Waals surface area contributed by atoms with Gasteiger partial charge < -0.3 is 19.7 Å². The van der Waals surface area contributed by atoms with Gasteiger partial charge in [-0.05, 0) is 6.92 Å². The van der Waals surface area contributed by atoms with Crippen molar-refractivity contribution in [2.75, 3.05) is 13.7 Å². The molecule has 2 heterocycles. The van der Waals surface area contributed by atoms with Gasteiger partial charge in [0.15, 0.2) is 6.23 Å². The summed E-state index contributed by atoms with van der Waals surface area (Å²) >= 11 is 0. The molecule has 19 heavy (non-hydrogen) atoms. The van der Waals surface area contributed by atoms with Crippen LogP contribution in [0.5, 0.6) is 0 Å². The normalized spacial score (nSPS) is 30.7. The first-order chi connectivity index (χ1) is 8.99. The van der Waals surface area contributed by atoms with Gasteiger partial charge in [-0.3, -0.25) is 14.3 Å². The van der Waals surface area contributed by atoms with E-state index in [2.05, 4.69) is 4.98 Å². The highest BCUT2D eigenvalue weighted by Crippen LogP contribution is 2.30. The fourth-order valence-corrected chi connectivity index (χ4v) is 2.12. The molecule has 0 saturated carbocycles. The fourth-order valence-electron chi connectivity index (χ4n) is 2.12. The lowest BCUT2D eigenvalue weighted by Gasteiger charge is -2.20. The number of aliphatic hydroxyl groups excluding tert-OH is 2. The maximum absolute atomic E-state index is 11.8. The van der Waals surface area contributed by atoms with E-state index in [1.807, 2.05) is 0 Å². The van der Waals surface area contributed by atoms with Crippen molar-refractivity contribution in [2.24, 2.45) is 0 Å². The van der Waals surface area contributed by atoms with Crippen LogP contribution in [0.4, 0.5) is 0 Å². The Labute approximate surface area is 108 Å². The predicted molar refractivity (Wildman–Crippen MR) is 63.9 cm³/mol. The quantitative estimate of drug-likeness (QED) is 0.593. The molecule has 1 aliphatic rings. The molecular weight excluding hydrogens is 256 g/mol. The molecule has 0 bridgehead atoms. The lowest BCUT2D eigenvalue weighted by atomic mass is 10.1. The first kappa shape index (κ1) is 13.9. The van der Waals surface area contributed by atoms with Crippen LogP contribution in [-0.2, 0) is 9.47 Å². The van der Waals surface area contributed by atoms with Crippen molar-refractivity contribution in [3.8, 4) is 0 Å². The van der Waals surface area contributed by atoms with Crippen LogP contribution < -0.4 is 11.2 Å². The van der Waals surface area contributed by atoms with E-state index in [9.17, 15) is 14.7 Å². The zero-order valence-corrected chi connectivity index (χ0v) is 10.6. The van der Waals surface area contributed by atoms with Crippen molar-refractivity contribution < 1.29 is 19.7 Å². The summed E-state index contributed by atoms with van der Waals surface area (Å²) in [6.45, 7) is 1.15. The maximum Gasteiger partial charge on any atom is 0.330 e. The first-order valence-electron chi connectivity index (χ1n) is 5.78. The Hall–Kier alpha value is -1.48. The molecule has 2 rings (SSSR count). The molecule has 1 fully saturated rings. The maximum atomic E-state index is 11.8. The fraction of sp³-hybridized carbons (Fsp3) is 0.636. The molecule has 1 aliphatic heterocycles. The average molecular weight is 272 g/mol. The average Bonchev–Trinajstić information content (AvgIpc) is 2.70. The van der Waals surface area contributed by atoms with Crippen LogP contribution in [-0.4, -0.2) is 51.8 Å². The third kappa shape index (κ3) is 2.35. The van der Waals surface area contributed by atoms with E-state index in [1.54, 1.807) is 6.92 Å². The SMILES string of the molecule is COC1C(O)[C@H](CO)O[C@@H]1n1cc(C)c(=O)[nH]c1=O. The molecule has 0 spiro atoms. The summed E-state index contributed by atoms with van der Waals surface area (Å²) in [7, 11) is 1.37. The Morgan fingerprint density at radius 2 is 2.21 bits per heavy atom. The Bertz CT molecular complexity index is 565. The largest absolute Gasteiger partial charge is 0.394 e. The Balaban J connectivity index is 2.44. The van der Waals surface area contributed by atoms with Crippen molar-refractivity contribution >= 4 is 0 Å². The van der Waals surface area contributed by atoms with Crippen LogP contribution in [0.3, 0.4) is 0 Å². The number of rotatable bonds is 3. The molecule has 2 unspecified atom stereocenters. The summed E-state index contributed by atoms with van der Waals surface area (Å²) in [4.78, 5) is 25.2. The van der Waals surface area contributed by atoms with Crippen LogP contribution in [0.15, 0.2) is 15.8 Å². The number of methoxy groups -OCH3 is 1. The highest BCUT2D eigenvalue weighted by atomic mass is 16.6. The molecule has 1 aromatic heterocycles. The van der Waals surface area contributed by atoms with Crippen LogP contribution >= 0.6 is 0 Å². The number of nitrogens with one attached hydrogen (secondary N) is 1. The number of hydrogen-bond acceptors (Lipinski definition) is 6. The molecule has 1 saturated heterocycles. The molecule has 0 aromatic carbocycles. The number of hydrogen-bond donors (Lipinski definition) is 3. The van der Waals surface area contributed by atoms with Gasteiger partial charge >= 0.3 is 5.69 Å². The molecule has 8 heteroatoms. The second-order valence-corrected chi connectivity index (χ2v) is 4.42. The molecule has 8 nitrogen and oxygen atoms in total. The van der Waals surface area contributed by atoms with Gasteiger partial charge in [-0.15, -0.1) is 0 Å². The Morgan fingerprint density at radius 3 is 2.79 bits per heavy atom. The smallest absolute Gasteiger partial charge is 0.330 e. The zero-order chi connectivity index (χ0) is 14.2. The van der Waals surface area contributed by atoms with Crippen molar-refractivity contribution in [1.82, 2.24) is 9.55 Å². The minimum absolute atomic E-state index is 0.333. The van der Waals surface area contributed by atoms with Gasteiger partial charge in [0.25, 0.3) is 5.56 Å². The monoisotopic (exact) mass is 272 g/mol. The minimum Gasteiger partial charge on any atom is -0.394 e. The molecular formula is C11H16N2O6. The van der Waals surface area contributed by atoms with Crippen molar-refractivity contribution in [1.29, 1.82) is 0 Å². The number of ether oxygens (including phenoxy) is 2. The van der Waals surface area contributed by atoms with Crippen LogP contribution in [0.1, 0.15) is 11.8 Å². The molecule has 106 valence electrons. The standard InChI is InChI=1S/C11H16N2O6/c1-5-3-13(11(17)12-9(5)16)10-8(18-2)7(15)6(4-14)19-10/h3,6-8,10,14-15H,4H2,1-2H3,(H,12,16,17)/t6-,7?,8?,10-/m0/s1. The second-order valence-electron chi connectivity index (χ2n) is 4.42. The number of H-pyrrole nitrogens is 1. The first-order valence-corrected chi connectivity index (χ1v) is 5.78. The molecule has 4 atom stereocenters. The highest BCUT2D eigenvalue weighted by Gasteiger charge is 2.45. The third-order valence-electron chi connectivity index (χ3n) is 3.18. The van der Waals surface area contributed by atoms with Gasteiger partial charge in [-0.25, -0.2) is 4.79 Å². The Kier molecular flexibility index (Phi) is 3.85. The topological polar surface area (TPSA) is 114 Å². The Morgan fingerprint density at radius 1 is 1.53 bits per heavy atom. The summed E-state index contributed by atoms with van der Waals surface area (Å²) < 4.78 is 11.7. The van der Waals surface area contributed by atoms with Crippen molar-refractivity contribution in [3.63, 3.8) is 0 Å². The van der Waals surface area contributed by atoms with E-state index in [-0.39, 0.29) is 0 Å². The second kappa shape index (κ2) is 5.25. The van der Waals surface area contributed by atoms with E-state index < -0.39 is 42.4 Å². The van der Waals surface area contributed by atoms with Crippen molar-refractivity contribution in [3.05, 3.63) is 32.6 Å². The van der Waals surface area contributed by atoms with E-state index in [1.165, 1.54) is 13.3 Å². The lowest BCUT2D eigenvalue weighted by molar-refractivity contribution is -0.0626. The summed E-state index contributed by atoms with van der Waals surface area (Å²) in [6.07, 6.45) is -2.27. The lowest BCUT2D eigenvalue weighted by Crippen LogP contribution is -2.39. The summed E-state index contributed by atoms with van der Waals surface area (Å²) in [5.41, 5.74) is -0.805. The van der Waals surface area contributed by atoms with Gasteiger partial charge in [0, 0.05) is 18.9 Å². The number of aromatic nitrogens is 2. The summed E-state index contributed by atoms with van der Waals surface area (Å²) in [5.74, 6) is 0. The van der Waals surface area contributed by atoms with Crippen LogP contribution in [0.25, 0.3) is 0 Å². The van der Waals surface area contributed by atoms with Gasteiger partial charge in [-0.1, -0.05) is 0 Å². The number of nitrogens with zero attached hydrogens (tertiary/aromatic N) is 1. The van der Waals surface area contributed by atoms with Gasteiger partial charge in [0.1, 0.15) is 18.3 Å². The summed E-state index contributed by atoms with van der Waals surface area (Å²) in [6, 6.07) is 0. The van der Waals surface area contributed by atoms with E-state index in [0.29, 0.717) is 5.56 Å². The third-order valence-corrected chi connectivity index (χ3v) is 3.18. The molecule has 0 amide bonds. The summed E-state index contributed by atoms with van der Waals surface area (Å²) in [5, 5.41) is 19.0. The van der Waals surface area contributed by atoms with E-state index in [0.717, 1.165) is 4.57 Å². The predicted octanol–water partition coefficient (Wildman–Crippen LogP) is -1.89. The van der Waals surface area contributed by atoms with E-state index >= 15 is 0 Å². The van der Waals surface area contributed by atoms with Gasteiger partial charge in [0.2, 0.25) is 0 Å². The van der Waals surface area contributed by atoms with Crippen molar-refractivity contribution in [2.45, 2.75) is 31.5 Å². The molecule has 3 N–H and O–H groups in total. The molecule has 0 radical (unpaired) electrons. The van der Waals surface area contributed by atoms with E-state index in [4.69, 9.17) is 14.6 Å². The number of aryl methyl sites for hydroxylation is 1. The zero-order valence-electron chi connectivity index (χ0n) is 10.6. The highest BCUT2D eigenvalue weighted by molar-refractivity contribution is 5.03.